The van der Waals surface area contributed by atoms with Crippen molar-refractivity contribution in [1.82, 2.24) is 9.34 Å². The molecule has 0 amide bonds. The highest BCUT2D eigenvalue weighted by molar-refractivity contribution is 9.09. The van der Waals surface area contributed by atoms with Gasteiger partial charge < -0.3 is 4.52 Å². The van der Waals surface area contributed by atoms with Crippen molar-refractivity contribution in [3.05, 3.63) is 29.8 Å². The smallest absolute Gasteiger partial charge is 0.394 e. The van der Waals surface area contributed by atoms with Crippen LogP contribution in [0.25, 0.3) is 0 Å². The SMILES string of the molecule is CCCC1SSSC(CCCCCCCc2cccc(OP(=O)(N(C)C)N(C)C)c2)C2CC1SS2. The molecule has 2 fully saturated rings. The van der Waals surface area contributed by atoms with Crippen LogP contribution in [-0.4, -0.2) is 58.5 Å². The first-order valence-corrected chi connectivity index (χ1v) is 20.3. The second-order valence-corrected chi connectivity index (χ2v) is 19.9. The summed E-state index contributed by atoms with van der Waals surface area (Å²) in [6.07, 6.45) is 13.0. The van der Waals surface area contributed by atoms with Gasteiger partial charge in [-0.3, -0.25) is 0 Å². The van der Waals surface area contributed by atoms with E-state index in [0.29, 0.717) is 5.75 Å². The van der Waals surface area contributed by atoms with E-state index in [0.717, 1.165) is 27.4 Å². The molecule has 200 valence electrons. The number of benzene rings is 1. The van der Waals surface area contributed by atoms with Crippen LogP contribution in [0.2, 0.25) is 0 Å². The average Bonchev–Trinajstić information content (AvgIpc) is 3.32. The highest BCUT2D eigenvalue weighted by Crippen LogP contribution is 2.59. The Labute approximate surface area is 233 Å². The van der Waals surface area contributed by atoms with E-state index in [4.69, 9.17) is 4.52 Å². The number of hydrogen-bond acceptors (Lipinski definition) is 7. The van der Waals surface area contributed by atoms with Crippen LogP contribution >= 0.6 is 60.7 Å². The zero-order valence-electron chi connectivity index (χ0n) is 21.9. The third-order valence-electron chi connectivity index (χ3n) is 6.58. The summed E-state index contributed by atoms with van der Waals surface area (Å²) in [5, 5.41) is 3.39. The molecule has 1 aromatic rings. The fourth-order valence-electron chi connectivity index (χ4n) is 4.50. The Morgan fingerprint density at radius 2 is 1.51 bits per heavy atom. The lowest BCUT2D eigenvalue weighted by Crippen LogP contribution is -2.25. The molecule has 3 rings (SSSR count). The first-order chi connectivity index (χ1) is 16.8. The number of unbranched alkanes of at least 4 members (excludes halogenated alkanes) is 4. The maximum atomic E-state index is 13.1. The lowest BCUT2D eigenvalue weighted by atomic mass is 10.0. The summed E-state index contributed by atoms with van der Waals surface area (Å²) < 4.78 is 22.4. The highest BCUT2D eigenvalue weighted by Gasteiger charge is 2.39. The van der Waals surface area contributed by atoms with E-state index >= 15 is 0 Å². The number of hydrogen-bond donors (Lipinski definition) is 0. The molecule has 35 heavy (non-hydrogen) atoms. The van der Waals surface area contributed by atoms with Crippen LogP contribution in [0.4, 0.5) is 0 Å². The predicted octanol–water partition coefficient (Wildman–Crippen LogP) is 9.28. The predicted molar refractivity (Wildman–Crippen MR) is 166 cm³/mol. The van der Waals surface area contributed by atoms with Crippen LogP contribution in [0.5, 0.6) is 5.75 Å². The van der Waals surface area contributed by atoms with Crippen LogP contribution in [0.15, 0.2) is 24.3 Å². The van der Waals surface area contributed by atoms with Crippen molar-refractivity contribution in [3.63, 3.8) is 0 Å². The molecule has 2 aliphatic heterocycles. The van der Waals surface area contributed by atoms with E-state index in [1.54, 1.807) is 37.5 Å². The Balaban J connectivity index is 1.33. The summed E-state index contributed by atoms with van der Waals surface area (Å²) in [5.41, 5.74) is 1.26. The van der Waals surface area contributed by atoms with E-state index < -0.39 is 7.67 Å². The lowest BCUT2D eigenvalue weighted by Gasteiger charge is -2.29. The van der Waals surface area contributed by atoms with E-state index in [2.05, 4.69) is 72.1 Å². The highest BCUT2D eigenvalue weighted by atomic mass is 33.5. The molecule has 2 heterocycles. The summed E-state index contributed by atoms with van der Waals surface area (Å²) in [4.78, 5) is 0. The quantitative estimate of drug-likeness (QED) is 0.119. The molecular formula is C25H43N2O2PS5. The average molecular weight is 595 g/mol. The van der Waals surface area contributed by atoms with Gasteiger partial charge in [-0.1, -0.05) is 94.3 Å². The molecular weight excluding hydrogens is 552 g/mol. The van der Waals surface area contributed by atoms with Crippen molar-refractivity contribution >= 4 is 60.7 Å². The lowest BCUT2D eigenvalue weighted by molar-refractivity contribution is 0.354. The minimum Gasteiger partial charge on any atom is -0.422 e. The first kappa shape index (κ1) is 30.5. The molecule has 2 bridgehead atoms. The Hall–Kier alpha value is 0.920. The Morgan fingerprint density at radius 1 is 0.886 bits per heavy atom. The molecule has 2 aliphatic rings. The van der Waals surface area contributed by atoms with Gasteiger partial charge in [-0.25, -0.2) is 13.9 Å². The molecule has 0 saturated carbocycles. The van der Waals surface area contributed by atoms with Crippen LogP contribution in [0.3, 0.4) is 0 Å². The number of aryl methyl sites for hydroxylation is 1. The van der Waals surface area contributed by atoms with Gasteiger partial charge in [0.1, 0.15) is 5.75 Å². The van der Waals surface area contributed by atoms with Crippen LogP contribution in [-0.2, 0) is 11.0 Å². The molecule has 4 atom stereocenters. The van der Waals surface area contributed by atoms with E-state index in [1.807, 2.05) is 12.1 Å². The summed E-state index contributed by atoms with van der Waals surface area (Å²) in [6.45, 7) is 2.33. The van der Waals surface area contributed by atoms with Crippen molar-refractivity contribution in [2.45, 2.75) is 92.1 Å². The van der Waals surface area contributed by atoms with Gasteiger partial charge in [0, 0.05) is 21.0 Å². The monoisotopic (exact) mass is 594 g/mol. The van der Waals surface area contributed by atoms with E-state index in [9.17, 15) is 4.57 Å². The standard InChI is InChI=1S/C25H43N2O2PS5/c1-6-13-22-24-19-25(32-31-24)23(34-35-33-22)17-11-9-7-8-10-14-20-15-12-16-21(18-20)29-30(28,26(2)3)27(4)5/h12,15-16,18,22-25H,6-11,13-14,17,19H2,1-5H3. The number of nitrogens with zero attached hydrogens (tertiary/aromatic N) is 2. The zero-order chi connectivity index (χ0) is 25.3. The van der Waals surface area contributed by atoms with Crippen molar-refractivity contribution in [2.24, 2.45) is 0 Å². The van der Waals surface area contributed by atoms with Gasteiger partial charge in [0.25, 0.3) is 0 Å². The largest absolute Gasteiger partial charge is 0.422 e. The van der Waals surface area contributed by atoms with Gasteiger partial charge in [-0.2, -0.15) is 0 Å². The minimum absolute atomic E-state index is 0.687. The second kappa shape index (κ2) is 15.5. The molecule has 1 aromatic carbocycles. The van der Waals surface area contributed by atoms with E-state index in [1.165, 1.54) is 63.4 Å². The zero-order valence-corrected chi connectivity index (χ0v) is 26.9. The van der Waals surface area contributed by atoms with Crippen molar-refractivity contribution < 1.29 is 9.09 Å². The molecule has 0 radical (unpaired) electrons. The molecule has 0 aromatic heterocycles. The molecule has 0 spiro atoms. The summed E-state index contributed by atoms with van der Waals surface area (Å²) in [7, 11) is 14.9. The molecule has 0 N–H and O–H groups in total. The summed E-state index contributed by atoms with van der Waals surface area (Å²) >= 11 is 0. The molecule has 4 unspecified atom stereocenters. The van der Waals surface area contributed by atoms with Gasteiger partial charge in [0.05, 0.1) is 0 Å². The fraction of sp³-hybridized carbons (Fsp3) is 0.760. The van der Waals surface area contributed by atoms with Gasteiger partial charge in [-0.05, 0) is 87.8 Å². The van der Waals surface area contributed by atoms with Gasteiger partial charge >= 0.3 is 7.67 Å². The minimum atomic E-state index is -3.02. The number of fused-ring (bicyclic) bond motifs is 2. The van der Waals surface area contributed by atoms with Gasteiger partial charge in [0.15, 0.2) is 0 Å². The maximum Gasteiger partial charge on any atom is 0.394 e. The molecule has 2 saturated heterocycles. The maximum absolute atomic E-state index is 13.1. The molecule has 4 nitrogen and oxygen atoms in total. The topological polar surface area (TPSA) is 32.8 Å². The van der Waals surface area contributed by atoms with E-state index in [-0.39, 0.29) is 0 Å². The normalized spacial score (nSPS) is 25.1. The summed E-state index contributed by atoms with van der Waals surface area (Å²) in [5.74, 6) is 0.687. The van der Waals surface area contributed by atoms with Crippen molar-refractivity contribution in [1.29, 1.82) is 0 Å². The number of rotatable bonds is 14. The second-order valence-electron chi connectivity index (χ2n) is 9.86. The third kappa shape index (κ3) is 9.26. The molecule has 10 heteroatoms. The Bertz CT molecular complexity index is 804. The first-order valence-electron chi connectivity index (χ1n) is 12.9. The molecule has 0 aliphatic carbocycles. The van der Waals surface area contributed by atoms with Crippen molar-refractivity contribution in [2.75, 3.05) is 28.2 Å². The van der Waals surface area contributed by atoms with Crippen molar-refractivity contribution in [3.8, 4) is 5.75 Å². The van der Waals surface area contributed by atoms with Gasteiger partial charge in [-0.15, -0.1) is 0 Å². The van der Waals surface area contributed by atoms with Crippen LogP contribution in [0, 0.1) is 0 Å². The van der Waals surface area contributed by atoms with Gasteiger partial charge in [0.2, 0.25) is 0 Å². The third-order valence-corrected chi connectivity index (χ3v) is 18.0. The fourth-order valence-corrected chi connectivity index (χ4v) is 16.7. The van der Waals surface area contributed by atoms with Crippen LogP contribution < -0.4 is 4.52 Å². The van der Waals surface area contributed by atoms with Crippen LogP contribution in [0.1, 0.15) is 70.3 Å². The summed E-state index contributed by atoms with van der Waals surface area (Å²) in [6, 6.07) is 8.12. The Morgan fingerprint density at radius 3 is 2.17 bits per heavy atom. The Kier molecular flexibility index (Phi) is 13.5.